The number of hydrogen-bond acceptors (Lipinski definition) is 9. The highest BCUT2D eigenvalue weighted by atomic mass is 32.2. The molecule has 0 spiro atoms. The summed E-state index contributed by atoms with van der Waals surface area (Å²) in [5, 5.41) is 4.22. The first-order chi connectivity index (χ1) is 22.5. The second kappa shape index (κ2) is 29.0. The summed E-state index contributed by atoms with van der Waals surface area (Å²) in [4.78, 5) is 17.4. The van der Waals surface area contributed by atoms with Gasteiger partial charge in [0.2, 0.25) is 11.9 Å². The van der Waals surface area contributed by atoms with E-state index in [2.05, 4.69) is 41.2 Å². The van der Waals surface area contributed by atoms with Crippen LogP contribution >= 0.6 is 11.8 Å². The molecule has 1 unspecified atom stereocenters. The molecule has 0 saturated carbocycles. The largest absolute Gasteiger partial charge is 0.371 e. The molecule has 0 aliphatic rings. The van der Waals surface area contributed by atoms with E-state index < -0.39 is 12.0 Å². The van der Waals surface area contributed by atoms with E-state index in [0.29, 0.717) is 31.8 Å². The summed E-state index contributed by atoms with van der Waals surface area (Å²) in [6, 6.07) is 0.528. The highest BCUT2D eigenvalue weighted by Crippen LogP contribution is 2.28. The van der Waals surface area contributed by atoms with Crippen LogP contribution in [0.15, 0.2) is 5.16 Å². The molecule has 0 fully saturated rings. The molecule has 8 nitrogen and oxygen atoms in total. The number of nitrogens with one attached hydrogen (secondary N) is 1. The predicted octanol–water partition coefficient (Wildman–Crippen LogP) is 9.98. The number of aromatic nitrogens is 3. The molecule has 0 aliphatic carbocycles. The molecule has 267 valence electrons. The standard InChI is InChI=1S/C36H70N5O3SSi/c1-7-13-16-19-22-25-28-41(29-26-23-20-17-14-8-2)34-37-33(38-35(39-34)45-30-27-24-21-18-15-9-3)40-36(43-11-5,44-12-6)32(31-46)42-10-4/h32H,7-31H2,1-6H3,(H,37,38,39,40). The lowest BCUT2D eigenvalue weighted by molar-refractivity contribution is -0.267. The van der Waals surface area contributed by atoms with Crippen molar-refractivity contribution in [3.05, 3.63) is 0 Å². The number of thioether (sulfide) groups is 1. The van der Waals surface area contributed by atoms with Crippen LogP contribution < -0.4 is 10.2 Å². The predicted molar refractivity (Wildman–Crippen MR) is 198 cm³/mol. The summed E-state index contributed by atoms with van der Waals surface area (Å²) in [5.41, 5.74) is 0. The van der Waals surface area contributed by atoms with Crippen molar-refractivity contribution >= 4 is 33.9 Å². The van der Waals surface area contributed by atoms with Crippen molar-refractivity contribution in [3.63, 3.8) is 0 Å². The first kappa shape index (κ1) is 43.1. The van der Waals surface area contributed by atoms with Crippen molar-refractivity contribution in [3.8, 4) is 0 Å². The Morgan fingerprint density at radius 1 is 0.652 bits per heavy atom. The van der Waals surface area contributed by atoms with Gasteiger partial charge >= 0.3 is 0 Å². The molecule has 46 heavy (non-hydrogen) atoms. The first-order valence-corrected chi connectivity index (χ1v) is 20.7. The third kappa shape index (κ3) is 18.6. The highest BCUT2D eigenvalue weighted by Gasteiger charge is 2.42. The van der Waals surface area contributed by atoms with Crippen LogP contribution in [0, 0.1) is 0 Å². The molecular weight excluding hydrogens is 611 g/mol. The van der Waals surface area contributed by atoms with Crippen molar-refractivity contribution in [2.45, 2.75) is 180 Å². The molecular formula is C36H70N5O3SSi. The van der Waals surface area contributed by atoms with Crippen molar-refractivity contribution in [1.29, 1.82) is 0 Å². The number of nitrogens with zero attached hydrogens (tertiary/aromatic N) is 4. The normalized spacial score (nSPS) is 12.5. The van der Waals surface area contributed by atoms with Crippen LogP contribution in [0.5, 0.6) is 0 Å². The Morgan fingerprint density at radius 3 is 1.63 bits per heavy atom. The Balaban J connectivity index is 3.32. The summed E-state index contributed by atoms with van der Waals surface area (Å²) in [6.07, 6.45) is 22.4. The quantitative estimate of drug-likeness (QED) is 0.0338. The number of anilines is 2. The lowest BCUT2D eigenvalue weighted by Gasteiger charge is -2.39. The Kier molecular flexibility index (Phi) is 27.2. The first-order valence-electron chi connectivity index (χ1n) is 19.0. The van der Waals surface area contributed by atoms with E-state index in [9.17, 15) is 0 Å². The Labute approximate surface area is 291 Å². The molecule has 0 bridgehead atoms. The molecule has 0 aliphatic heterocycles. The van der Waals surface area contributed by atoms with Crippen molar-refractivity contribution in [1.82, 2.24) is 15.0 Å². The van der Waals surface area contributed by atoms with Gasteiger partial charge in [0.1, 0.15) is 6.10 Å². The average Bonchev–Trinajstić information content (AvgIpc) is 3.05. The fraction of sp³-hybridized carbons (Fsp3) is 0.917. The van der Waals surface area contributed by atoms with Crippen LogP contribution in [0.25, 0.3) is 0 Å². The summed E-state index contributed by atoms with van der Waals surface area (Å²) in [7, 11) is 3.69. The summed E-state index contributed by atoms with van der Waals surface area (Å²) in [6.45, 7) is 16.1. The zero-order chi connectivity index (χ0) is 33.7. The van der Waals surface area contributed by atoms with E-state index in [1.54, 1.807) is 11.8 Å². The molecule has 1 rings (SSSR count). The van der Waals surface area contributed by atoms with Gasteiger partial charge in [-0.2, -0.15) is 15.0 Å². The van der Waals surface area contributed by atoms with Gasteiger partial charge in [0.15, 0.2) is 5.16 Å². The molecule has 1 aromatic rings. The van der Waals surface area contributed by atoms with Gasteiger partial charge < -0.3 is 24.4 Å². The smallest absolute Gasteiger partial charge is 0.278 e. The Morgan fingerprint density at radius 2 is 1.15 bits per heavy atom. The van der Waals surface area contributed by atoms with E-state index in [1.165, 1.54) is 96.3 Å². The number of unbranched alkanes of at least 4 members (excludes halogenated alkanes) is 15. The van der Waals surface area contributed by atoms with Gasteiger partial charge in [0.25, 0.3) is 5.91 Å². The van der Waals surface area contributed by atoms with Crippen LogP contribution in [-0.2, 0) is 14.2 Å². The molecule has 0 saturated heterocycles. The third-order valence-corrected chi connectivity index (χ3v) is 9.46. The van der Waals surface area contributed by atoms with Crippen LogP contribution in [0.4, 0.5) is 11.9 Å². The van der Waals surface area contributed by atoms with Crippen molar-refractivity contribution in [2.24, 2.45) is 0 Å². The minimum absolute atomic E-state index is 0.407. The number of rotatable bonds is 33. The van der Waals surface area contributed by atoms with Gasteiger partial charge in [-0.05, 0) is 46.1 Å². The number of ether oxygens (including phenoxy) is 3. The lowest BCUT2D eigenvalue weighted by Crippen LogP contribution is -2.55. The van der Waals surface area contributed by atoms with E-state index in [-0.39, 0.29) is 0 Å². The Bertz CT molecular complexity index is 819. The van der Waals surface area contributed by atoms with Gasteiger partial charge in [0, 0.05) is 48.9 Å². The minimum Gasteiger partial charge on any atom is -0.371 e. The SMILES string of the molecule is CCCCCCCCSc1nc(NC(OCC)(OCC)C(C[Si])OCC)nc(N(CCCCCCCC)CCCCCCCC)n1. The van der Waals surface area contributed by atoms with E-state index in [1.807, 2.05) is 20.8 Å². The maximum Gasteiger partial charge on any atom is 0.278 e. The second-order valence-electron chi connectivity index (χ2n) is 12.2. The van der Waals surface area contributed by atoms with Crippen LogP contribution in [0.1, 0.15) is 157 Å². The molecule has 3 radical (unpaired) electrons. The lowest BCUT2D eigenvalue weighted by atomic mass is 10.1. The zero-order valence-electron chi connectivity index (χ0n) is 30.7. The molecule has 1 atom stereocenters. The summed E-state index contributed by atoms with van der Waals surface area (Å²) in [5.74, 6) is 0.982. The highest BCUT2D eigenvalue weighted by molar-refractivity contribution is 7.99. The molecule has 10 heteroatoms. The van der Waals surface area contributed by atoms with Crippen LogP contribution in [-0.4, -0.2) is 75.9 Å². The minimum atomic E-state index is -1.23. The third-order valence-electron chi connectivity index (χ3n) is 8.16. The van der Waals surface area contributed by atoms with Gasteiger partial charge in [-0.1, -0.05) is 129 Å². The Hall–Kier alpha value is -0.943. The van der Waals surface area contributed by atoms with Crippen molar-refractivity contribution < 1.29 is 14.2 Å². The average molecular weight is 681 g/mol. The summed E-state index contributed by atoms with van der Waals surface area (Å²) >= 11 is 1.73. The maximum atomic E-state index is 6.28. The topological polar surface area (TPSA) is 81.6 Å². The maximum absolute atomic E-state index is 6.28. The van der Waals surface area contributed by atoms with E-state index >= 15 is 0 Å². The molecule has 1 aromatic heterocycles. The van der Waals surface area contributed by atoms with E-state index in [0.717, 1.165) is 49.2 Å². The summed E-state index contributed by atoms with van der Waals surface area (Å²) < 4.78 is 18.7. The van der Waals surface area contributed by atoms with Crippen LogP contribution in [0.3, 0.4) is 0 Å². The van der Waals surface area contributed by atoms with Gasteiger partial charge in [-0.15, -0.1) is 0 Å². The monoisotopic (exact) mass is 680 g/mol. The van der Waals surface area contributed by atoms with E-state index in [4.69, 9.17) is 29.2 Å². The van der Waals surface area contributed by atoms with Crippen molar-refractivity contribution in [2.75, 3.05) is 48.9 Å². The van der Waals surface area contributed by atoms with Crippen LogP contribution in [0.2, 0.25) is 6.04 Å². The molecule has 0 aromatic carbocycles. The fourth-order valence-corrected chi connectivity index (χ4v) is 6.82. The second-order valence-corrected chi connectivity index (χ2v) is 13.7. The number of hydrogen-bond donors (Lipinski definition) is 1. The molecule has 1 heterocycles. The van der Waals surface area contributed by atoms with Gasteiger partial charge in [0.05, 0.1) is 0 Å². The molecule has 1 N–H and O–H groups in total. The van der Waals surface area contributed by atoms with Gasteiger partial charge in [-0.25, -0.2) is 0 Å². The zero-order valence-corrected chi connectivity index (χ0v) is 32.5. The fourth-order valence-electron chi connectivity index (χ4n) is 5.60. The van der Waals surface area contributed by atoms with Gasteiger partial charge in [-0.3, -0.25) is 0 Å². The molecule has 0 amide bonds.